The zero-order chi connectivity index (χ0) is 16.4. The molecule has 1 aliphatic heterocycles. The molecule has 2 N–H and O–H groups in total. The second kappa shape index (κ2) is 6.60. The largest absolute Gasteiger partial charge is 0.497 e. The van der Waals surface area contributed by atoms with Gasteiger partial charge in [-0.05, 0) is 41.9 Å². The van der Waals surface area contributed by atoms with E-state index >= 15 is 0 Å². The Bertz CT molecular complexity index is 584. The maximum absolute atomic E-state index is 12.2. The average Bonchev–Trinajstić information content (AvgIpc) is 3.01. The van der Waals surface area contributed by atoms with E-state index in [1.54, 1.807) is 7.11 Å². The third-order valence-corrected chi connectivity index (χ3v) is 5.25. The van der Waals surface area contributed by atoms with E-state index in [0.717, 1.165) is 17.7 Å². The standard InChI is InChI=1S/C18H24N2O3/c1-11-7-16-14(9-18(22)20-16)15(11)10-19-17(21)8-12-3-5-13(23-2)6-4-12/h3-6,11,14-16H,7-10H2,1-2H3,(H,19,21)(H,20,22)/t11-,14-,15+,16+/m0/s1. The van der Waals surface area contributed by atoms with Crippen LogP contribution in [0.3, 0.4) is 0 Å². The van der Waals surface area contributed by atoms with Crippen molar-refractivity contribution in [3.05, 3.63) is 29.8 Å². The van der Waals surface area contributed by atoms with Gasteiger partial charge >= 0.3 is 0 Å². The maximum Gasteiger partial charge on any atom is 0.224 e. The highest BCUT2D eigenvalue weighted by Gasteiger charge is 2.46. The van der Waals surface area contributed by atoms with Gasteiger partial charge in [-0.2, -0.15) is 0 Å². The third-order valence-electron chi connectivity index (χ3n) is 5.25. The van der Waals surface area contributed by atoms with Crippen LogP contribution in [0, 0.1) is 17.8 Å². The van der Waals surface area contributed by atoms with Crippen molar-refractivity contribution >= 4 is 11.8 Å². The fourth-order valence-electron chi connectivity index (χ4n) is 3.99. The van der Waals surface area contributed by atoms with Gasteiger partial charge in [0.05, 0.1) is 13.5 Å². The summed E-state index contributed by atoms with van der Waals surface area (Å²) < 4.78 is 5.12. The molecule has 5 nitrogen and oxygen atoms in total. The van der Waals surface area contributed by atoms with Gasteiger partial charge in [0.1, 0.15) is 5.75 Å². The molecule has 4 atom stereocenters. The van der Waals surface area contributed by atoms with Crippen LogP contribution >= 0.6 is 0 Å². The van der Waals surface area contributed by atoms with Gasteiger partial charge in [-0.15, -0.1) is 0 Å². The molecular formula is C18H24N2O3. The summed E-state index contributed by atoms with van der Waals surface area (Å²) in [5.41, 5.74) is 0.971. The second-order valence-corrected chi connectivity index (χ2v) is 6.75. The highest BCUT2D eigenvalue weighted by atomic mass is 16.5. The van der Waals surface area contributed by atoms with Crippen molar-refractivity contribution in [2.45, 2.75) is 32.2 Å². The number of carbonyl (C=O) groups is 2. The Labute approximate surface area is 136 Å². The van der Waals surface area contributed by atoms with Crippen molar-refractivity contribution in [3.8, 4) is 5.75 Å². The van der Waals surface area contributed by atoms with Crippen molar-refractivity contribution in [2.24, 2.45) is 17.8 Å². The van der Waals surface area contributed by atoms with E-state index in [1.165, 1.54) is 0 Å². The minimum Gasteiger partial charge on any atom is -0.497 e. The lowest BCUT2D eigenvalue weighted by atomic mass is 9.88. The lowest BCUT2D eigenvalue weighted by molar-refractivity contribution is -0.120. The summed E-state index contributed by atoms with van der Waals surface area (Å²) in [6.07, 6.45) is 2.00. The molecule has 0 spiro atoms. The molecule has 2 amide bonds. The first-order valence-corrected chi connectivity index (χ1v) is 8.26. The number of hydrogen-bond acceptors (Lipinski definition) is 3. The topological polar surface area (TPSA) is 67.4 Å². The number of amides is 2. The highest BCUT2D eigenvalue weighted by molar-refractivity contribution is 5.80. The summed E-state index contributed by atoms with van der Waals surface area (Å²) in [6, 6.07) is 7.85. The summed E-state index contributed by atoms with van der Waals surface area (Å²) >= 11 is 0. The number of ether oxygens (including phenoxy) is 1. The molecular weight excluding hydrogens is 292 g/mol. The maximum atomic E-state index is 12.2. The Morgan fingerprint density at radius 1 is 1.35 bits per heavy atom. The molecule has 1 saturated carbocycles. The normalized spacial score (nSPS) is 29.0. The molecule has 0 aromatic heterocycles. The van der Waals surface area contributed by atoms with Gasteiger partial charge in [0.15, 0.2) is 0 Å². The van der Waals surface area contributed by atoms with Gasteiger partial charge < -0.3 is 15.4 Å². The van der Waals surface area contributed by atoms with Crippen LogP contribution in [-0.4, -0.2) is 31.5 Å². The lowest BCUT2D eigenvalue weighted by Crippen LogP contribution is -2.34. The van der Waals surface area contributed by atoms with Crippen LogP contribution in [0.4, 0.5) is 0 Å². The summed E-state index contributed by atoms with van der Waals surface area (Å²) in [4.78, 5) is 23.7. The van der Waals surface area contributed by atoms with Crippen LogP contribution in [0.5, 0.6) is 5.75 Å². The van der Waals surface area contributed by atoms with Gasteiger partial charge in [0, 0.05) is 19.0 Å². The lowest BCUT2D eigenvalue weighted by Gasteiger charge is -2.21. The van der Waals surface area contributed by atoms with Crippen molar-refractivity contribution in [2.75, 3.05) is 13.7 Å². The predicted molar refractivity (Wildman–Crippen MR) is 87.0 cm³/mol. The molecule has 1 aliphatic carbocycles. The van der Waals surface area contributed by atoms with Crippen molar-refractivity contribution in [1.82, 2.24) is 10.6 Å². The number of rotatable bonds is 5. The summed E-state index contributed by atoms with van der Waals surface area (Å²) in [7, 11) is 1.63. The molecule has 1 aromatic carbocycles. The van der Waals surface area contributed by atoms with Crippen molar-refractivity contribution in [1.29, 1.82) is 0 Å². The molecule has 1 heterocycles. The number of fused-ring (bicyclic) bond motifs is 1. The molecule has 23 heavy (non-hydrogen) atoms. The van der Waals surface area contributed by atoms with Crippen molar-refractivity contribution < 1.29 is 14.3 Å². The predicted octanol–water partition coefficient (Wildman–Crippen LogP) is 1.51. The fourth-order valence-corrected chi connectivity index (χ4v) is 3.99. The van der Waals surface area contributed by atoms with Crippen LogP contribution in [0.15, 0.2) is 24.3 Å². The Morgan fingerprint density at radius 3 is 2.78 bits per heavy atom. The van der Waals surface area contributed by atoms with Gasteiger partial charge in [-0.3, -0.25) is 9.59 Å². The smallest absolute Gasteiger partial charge is 0.224 e. The molecule has 124 valence electrons. The van der Waals surface area contributed by atoms with Crippen LogP contribution < -0.4 is 15.4 Å². The number of benzene rings is 1. The van der Waals surface area contributed by atoms with Gasteiger partial charge in [0.2, 0.25) is 11.8 Å². The molecule has 3 rings (SSSR count). The second-order valence-electron chi connectivity index (χ2n) is 6.75. The highest BCUT2D eigenvalue weighted by Crippen LogP contribution is 2.41. The quantitative estimate of drug-likeness (QED) is 0.865. The van der Waals surface area contributed by atoms with E-state index in [-0.39, 0.29) is 11.8 Å². The molecule has 2 aliphatic rings. The van der Waals surface area contributed by atoms with Crippen molar-refractivity contribution in [3.63, 3.8) is 0 Å². The zero-order valence-corrected chi connectivity index (χ0v) is 13.7. The molecule has 0 radical (unpaired) electrons. The van der Waals surface area contributed by atoms with Gasteiger partial charge in [0.25, 0.3) is 0 Å². The summed E-state index contributed by atoms with van der Waals surface area (Å²) in [5.74, 6) is 2.27. The monoisotopic (exact) mass is 316 g/mol. The summed E-state index contributed by atoms with van der Waals surface area (Å²) in [6.45, 7) is 2.87. The Kier molecular flexibility index (Phi) is 4.55. The first-order chi connectivity index (χ1) is 11.1. The SMILES string of the molecule is COc1ccc(CC(=O)NC[C@H]2[C@@H]3CC(=O)N[C@@H]3C[C@@H]2C)cc1. The summed E-state index contributed by atoms with van der Waals surface area (Å²) in [5, 5.41) is 6.10. The van der Waals surface area contributed by atoms with Crippen LogP contribution in [-0.2, 0) is 16.0 Å². The third kappa shape index (κ3) is 3.49. The van der Waals surface area contributed by atoms with Gasteiger partial charge in [-0.25, -0.2) is 0 Å². The van der Waals surface area contributed by atoms with E-state index in [9.17, 15) is 9.59 Å². The fraction of sp³-hybridized carbons (Fsp3) is 0.556. The number of methoxy groups -OCH3 is 1. The minimum absolute atomic E-state index is 0.0306. The molecule has 0 bridgehead atoms. The number of carbonyl (C=O) groups excluding carboxylic acids is 2. The van der Waals surface area contributed by atoms with E-state index in [2.05, 4.69) is 17.6 Å². The first-order valence-electron chi connectivity index (χ1n) is 8.26. The Balaban J connectivity index is 1.51. The first kappa shape index (κ1) is 15.8. The van der Waals surface area contributed by atoms with Crippen LogP contribution in [0.2, 0.25) is 0 Å². The van der Waals surface area contributed by atoms with E-state index in [0.29, 0.717) is 43.2 Å². The molecule has 1 saturated heterocycles. The molecule has 1 aromatic rings. The molecule has 0 unspecified atom stereocenters. The molecule has 2 fully saturated rings. The van der Waals surface area contributed by atoms with Crippen LogP contribution in [0.25, 0.3) is 0 Å². The van der Waals surface area contributed by atoms with E-state index < -0.39 is 0 Å². The zero-order valence-electron chi connectivity index (χ0n) is 13.7. The average molecular weight is 316 g/mol. The van der Waals surface area contributed by atoms with Gasteiger partial charge in [-0.1, -0.05) is 19.1 Å². The number of hydrogen-bond donors (Lipinski definition) is 2. The minimum atomic E-state index is 0.0306. The van der Waals surface area contributed by atoms with Crippen LogP contribution in [0.1, 0.15) is 25.3 Å². The van der Waals surface area contributed by atoms with E-state index in [1.807, 2.05) is 24.3 Å². The Morgan fingerprint density at radius 2 is 2.09 bits per heavy atom. The number of nitrogens with one attached hydrogen (secondary N) is 2. The Hall–Kier alpha value is -2.04. The van der Waals surface area contributed by atoms with E-state index in [4.69, 9.17) is 4.74 Å². The molecule has 5 heteroatoms.